The van der Waals surface area contributed by atoms with Gasteiger partial charge in [-0.15, -0.1) is 0 Å². The van der Waals surface area contributed by atoms with Gasteiger partial charge in [-0.05, 0) is 31.5 Å². The molecular formula is C15H15NO3. The van der Waals surface area contributed by atoms with Crippen LogP contribution in [0.5, 0.6) is 5.88 Å². The highest BCUT2D eigenvalue weighted by Gasteiger charge is 2.12. The van der Waals surface area contributed by atoms with Crippen LogP contribution in [0.4, 0.5) is 0 Å². The SMILES string of the molecule is Cc1cccc(OCc2c(C)cccc2C(=O)O)n1. The average molecular weight is 257 g/mol. The van der Waals surface area contributed by atoms with Gasteiger partial charge in [-0.1, -0.05) is 18.2 Å². The molecule has 0 aliphatic heterocycles. The summed E-state index contributed by atoms with van der Waals surface area (Å²) in [6, 6.07) is 10.7. The van der Waals surface area contributed by atoms with Crippen molar-refractivity contribution >= 4 is 5.97 Å². The first-order chi connectivity index (χ1) is 9.08. The van der Waals surface area contributed by atoms with Gasteiger partial charge in [0.15, 0.2) is 0 Å². The monoisotopic (exact) mass is 257 g/mol. The molecule has 1 aromatic carbocycles. The van der Waals surface area contributed by atoms with Gasteiger partial charge in [0.1, 0.15) is 6.61 Å². The summed E-state index contributed by atoms with van der Waals surface area (Å²) in [5, 5.41) is 9.16. The molecular weight excluding hydrogens is 242 g/mol. The Hall–Kier alpha value is -2.36. The van der Waals surface area contributed by atoms with Crippen molar-refractivity contribution in [3.8, 4) is 5.88 Å². The molecule has 98 valence electrons. The van der Waals surface area contributed by atoms with Crippen LogP contribution in [-0.4, -0.2) is 16.1 Å². The van der Waals surface area contributed by atoms with Crippen LogP contribution < -0.4 is 4.74 Å². The second-order valence-electron chi connectivity index (χ2n) is 4.31. The molecule has 2 rings (SSSR count). The number of ether oxygens (including phenoxy) is 1. The third kappa shape index (κ3) is 3.10. The normalized spacial score (nSPS) is 10.2. The van der Waals surface area contributed by atoms with Crippen LogP contribution in [0.1, 0.15) is 27.2 Å². The van der Waals surface area contributed by atoms with Gasteiger partial charge in [0, 0.05) is 17.3 Å². The van der Waals surface area contributed by atoms with Gasteiger partial charge in [0.05, 0.1) is 5.56 Å². The number of nitrogens with zero attached hydrogens (tertiary/aromatic N) is 1. The smallest absolute Gasteiger partial charge is 0.336 e. The van der Waals surface area contributed by atoms with E-state index in [-0.39, 0.29) is 12.2 Å². The summed E-state index contributed by atoms with van der Waals surface area (Å²) in [4.78, 5) is 15.4. The molecule has 1 N–H and O–H groups in total. The Bertz CT molecular complexity index is 608. The molecule has 1 heterocycles. The Kier molecular flexibility index (Phi) is 3.80. The summed E-state index contributed by atoms with van der Waals surface area (Å²) in [7, 11) is 0. The van der Waals surface area contributed by atoms with Crippen LogP contribution >= 0.6 is 0 Å². The minimum absolute atomic E-state index is 0.199. The molecule has 4 heteroatoms. The van der Waals surface area contributed by atoms with Crippen molar-refractivity contribution in [2.24, 2.45) is 0 Å². The number of aromatic carboxylic acids is 1. The van der Waals surface area contributed by atoms with Crippen LogP contribution in [0.3, 0.4) is 0 Å². The van der Waals surface area contributed by atoms with E-state index in [0.29, 0.717) is 11.4 Å². The number of aryl methyl sites for hydroxylation is 2. The van der Waals surface area contributed by atoms with Gasteiger partial charge in [-0.3, -0.25) is 0 Å². The van der Waals surface area contributed by atoms with Crippen molar-refractivity contribution < 1.29 is 14.6 Å². The number of carboxylic acids is 1. The standard InChI is InChI=1S/C15H15NO3/c1-10-5-3-7-12(15(17)18)13(10)9-19-14-8-4-6-11(2)16-14/h3-8H,9H2,1-2H3,(H,17,18). The number of pyridine rings is 1. The molecule has 0 saturated carbocycles. The highest BCUT2D eigenvalue weighted by molar-refractivity contribution is 5.89. The zero-order chi connectivity index (χ0) is 13.8. The van der Waals surface area contributed by atoms with E-state index >= 15 is 0 Å². The number of hydrogen-bond acceptors (Lipinski definition) is 3. The molecule has 4 nitrogen and oxygen atoms in total. The second-order valence-corrected chi connectivity index (χ2v) is 4.31. The largest absolute Gasteiger partial charge is 0.478 e. The molecule has 2 aromatic rings. The van der Waals surface area contributed by atoms with Crippen molar-refractivity contribution in [2.45, 2.75) is 20.5 Å². The minimum Gasteiger partial charge on any atom is -0.478 e. The first-order valence-corrected chi connectivity index (χ1v) is 5.96. The number of hydrogen-bond donors (Lipinski definition) is 1. The number of carboxylic acid groups (broad SMARTS) is 1. The van der Waals surface area contributed by atoms with Gasteiger partial charge < -0.3 is 9.84 Å². The van der Waals surface area contributed by atoms with Crippen molar-refractivity contribution in [1.82, 2.24) is 4.98 Å². The van der Waals surface area contributed by atoms with E-state index in [9.17, 15) is 4.79 Å². The van der Waals surface area contributed by atoms with Crippen LogP contribution in [0.2, 0.25) is 0 Å². The van der Waals surface area contributed by atoms with Gasteiger partial charge in [-0.2, -0.15) is 0 Å². The summed E-state index contributed by atoms with van der Waals surface area (Å²) < 4.78 is 5.57. The predicted molar refractivity (Wildman–Crippen MR) is 71.4 cm³/mol. The second kappa shape index (κ2) is 5.52. The Morgan fingerprint density at radius 1 is 1.21 bits per heavy atom. The van der Waals surface area contributed by atoms with Gasteiger partial charge in [-0.25, -0.2) is 9.78 Å². The molecule has 0 atom stereocenters. The van der Waals surface area contributed by atoms with Crippen LogP contribution in [0.25, 0.3) is 0 Å². The fourth-order valence-electron chi connectivity index (χ4n) is 1.84. The third-order valence-electron chi connectivity index (χ3n) is 2.87. The minimum atomic E-state index is -0.945. The van der Waals surface area contributed by atoms with E-state index in [2.05, 4.69) is 4.98 Å². The van der Waals surface area contributed by atoms with Crippen LogP contribution in [0.15, 0.2) is 36.4 Å². The number of rotatable bonds is 4. The van der Waals surface area contributed by atoms with Crippen molar-refractivity contribution in [1.29, 1.82) is 0 Å². The van der Waals surface area contributed by atoms with Gasteiger partial charge >= 0.3 is 5.97 Å². The molecule has 0 amide bonds. The Morgan fingerprint density at radius 2 is 1.95 bits per heavy atom. The highest BCUT2D eigenvalue weighted by Crippen LogP contribution is 2.17. The number of benzene rings is 1. The summed E-state index contributed by atoms with van der Waals surface area (Å²) in [5.41, 5.74) is 2.71. The topological polar surface area (TPSA) is 59.4 Å². The summed E-state index contributed by atoms with van der Waals surface area (Å²) in [6.07, 6.45) is 0. The average Bonchev–Trinajstić information content (AvgIpc) is 2.37. The highest BCUT2D eigenvalue weighted by atomic mass is 16.5. The molecule has 0 aliphatic carbocycles. The van der Waals surface area contributed by atoms with Crippen molar-refractivity contribution in [2.75, 3.05) is 0 Å². The lowest BCUT2D eigenvalue weighted by molar-refractivity contribution is 0.0693. The first-order valence-electron chi connectivity index (χ1n) is 5.96. The fraction of sp³-hybridized carbons (Fsp3) is 0.200. The first kappa shape index (κ1) is 13.1. The maximum Gasteiger partial charge on any atom is 0.336 e. The van der Waals surface area contributed by atoms with Crippen molar-refractivity contribution in [3.63, 3.8) is 0 Å². The van der Waals surface area contributed by atoms with E-state index in [1.807, 2.05) is 32.0 Å². The summed E-state index contributed by atoms with van der Waals surface area (Å²) in [5.74, 6) is -0.445. The molecule has 0 aliphatic rings. The molecule has 0 saturated heterocycles. The molecule has 19 heavy (non-hydrogen) atoms. The molecule has 1 aromatic heterocycles. The van der Waals surface area contributed by atoms with E-state index in [0.717, 1.165) is 11.3 Å². The Labute approximate surface area is 111 Å². The van der Waals surface area contributed by atoms with Crippen molar-refractivity contribution in [3.05, 3.63) is 58.8 Å². The molecule has 0 fully saturated rings. The predicted octanol–water partition coefficient (Wildman–Crippen LogP) is 2.98. The van der Waals surface area contributed by atoms with E-state index in [1.165, 1.54) is 0 Å². The fourth-order valence-corrected chi connectivity index (χ4v) is 1.84. The summed E-state index contributed by atoms with van der Waals surface area (Å²) in [6.45, 7) is 3.95. The lowest BCUT2D eigenvalue weighted by atomic mass is 10.0. The maximum atomic E-state index is 11.2. The maximum absolute atomic E-state index is 11.2. The number of carbonyl (C=O) groups is 1. The lowest BCUT2D eigenvalue weighted by Gasteiger charge is -2.11. The van der Waals surface area contributed by atoms with Crippen LogP contribution in [0, 0.1) is 13.8 Å². The molecule has 0 radical (unpaired) electrons. The molecule has 0 unspecified atom stereocenters. The zero-order valence-electron chi connectivity index (χ0n) is 10.9. The Morgan fingerprint density at radius 3 is 2.63 bits per heavy atom. The lowest BCUT2D eigenvalue weighted by Crippen LogP contribution is -2.08. The molecule has 0 bridgehead atoms. The van der Waals surface area contributed by atoms with Gasteiger partial charge in [0.25, 0.3) is 0 Å². The van der Waals surface area contributed by atoms with Crippen LogP contribution in [-0.2, 0) is 6.61 Å². The third-order valence-corrected chi connectivity index (χ3v) is 2.87. The van der Waals surface area contributed by atoms with E-state index in [1.54, 1.807) is 18.2 Å². The molecule has 0 spiro atoms. The Balaban J connectivity index is 2.22. The van der Waals surface area contributed by atoms with Gasteiger partial charge in [0.2, 0.25) is 5.88 Å². The van der Waals surface area contributed by atoms with E-state index in [4.69, 9.17) is 9.84 Å². The number of aromatic nitrogens is 1. The summed E-state index contributed by atoms with van der Waals surface area (Å²) >= 11 is 0. The zero-order valence-corrected chi connectivity index (χ0v) is 10.9. The quantitative estimate of drug-likeness (QED) is 0.914. The van der Waals surface area contributed by atoms with E-state index < -0.39 is 5.97 Å².